The summed E-state index contributed by atoms with van der Waals surface area (Å²) in [6, 6.07) is 7.93. The fourth-order valence-electron chi connectivity index (χ4n) is 5.67. The first-order valence-electron chi connectivity index (χ1n) is 12.3. The van der Waals surface area contributed by atoms with E-state index in [1.807, 2.05) is 14.0 Å². The van der Waals surface area contributed by atoms with E-state index in [1.54, 1.807) is 17.0 Å². The van der Waals surface area contributed by atoms with Gasteiger partial charge in [0.1, 0.15) is 17.7 Å². The highest BCUT2D eigenvalue weighted by molar-refractivity contribution is 6.06. The first-order chi connectivity index (χ1) is 16.4. The molecule has 1 aromatic carbocycles. The number of anilines is 4. The molecule has 2 amide bonds. The van der Waals surface area contributed by atoms with Crippen LogP contribution in [0.1, 0.15) is 44.2 Å². The number of likely N-dealkylation sites (N-methyl/N-ethyl adjacent to an activating group) is 1. The maximum absolute atomic E-state index is 13.1. The third kappa shape index (κ3) is 4.33. The number of carbonyl (C=O) groups excluding carboxylic acids is 2. The summed E-state index contributed by atoms with van der Waals surface area (Å²) in [5.41, 5.74) is 3.51. The summed E-state index contributed by atoms with van der Waals surface area (Å²) in [6.07, 6.45) is 5.58. The van der Waals surface area contributed by atoms with Crippen molar-refractivity contribution >= 4 is 34.7 Å². The molecule has 3 heterocycles. The van der Waals surface area contributed by atoms with Gasteiger partial charge >= 0.3 is 0 Å². The van der Waals surface area contributed by atoms with E-state index in [1.165, 1.54) is 12.1 Å². The number of hydrogen-bond donors (Lipinski definition) is 2. The number of halogens is 1. The number of benzene rings is 1. The molecular formula is C26H32FN5O2. The molecule has 0 unspecified atom stereocenters. The summed E-state index contributed by atoms with van der Waals surface area (Å²) in [4.78, 5) is 34.1. The average Bonchev–Trinajstić information content (AvgIpc) is 3.33. The van der Waals surface area contributed by atoms with Gasteiger partial charge in [-0.3, -0.25) is 9.59 Å². The van der Waals surface area contributed by atoms with Gasteiger partial charge in [-0.05, 0) is 75.6 Å². The van der Waals surface area contributed by atoms with Crippen LogP contribution < -0.4 is 20.4 Å². The van der Waals surface area contributed by atoms with Crippen LogP contribution in [0.4, 0.5) is 27.3 Å². The Morgan fingerprint density at radius 1 is 1.15 bits per heavy atom. The standard InChI is InChI=1S/C26H32FN5O2/c1-16-24-22(32-13-3-4-21(32)26(34)31(24)2)14-23(29-16)28-15-17-5-7-18(8-6-17)25(33)30-20-11-9-19(27)10-12-20/h9-12,14,17-18,21H,3-8,13,15H2,1-2H3,(H,28,29)(H,30,33)/t17?,18?,21-/m0/s1. The van der Waals surface area contributed by atoms with Crippen LogP contribution >= 0.6 is 0 Å². The molecule has 2 aliphatic heterocycles. The summed E-state index contributed by atoms with van der Waals surface area (Å²) >= 11 is 0. The van der Waals surface area contributed by atoms with E-state index in [0.29, 0.717) is 11.6 Å². The first-order valence-corrected chi connectivity index (χ1v) is 12.3. The van der Waals surface area contributed by atoms with E-state index in [0.717, 1.165) is 74.5 Å². The van der Waals surface area contributed by atoms with Gasteiger partial charge in [0.2, 0.25) is 11.8 Å². The Bertz CT molecular complexity index is 1080. The van der Waals surface area contributed by atoms with Crippen molar-refractivity contribution in [2.45, 2.75) is 51.5 Å². The smallest absolute Gasteiger partial charge is 0.249 e. The van der Waals surface area contributed by atoms with Crippen LogP contribution in [0, 0.1) is 24.6 Å². The molecule has 1 aromatic heterocycles. The molecular weight excluding hydrogens is 433 g/mol. The van der Waals surface area contributed by atoms with Gasteiger partial charge in [-0.25, -0.2) is 9.37 Å². The topological polar surface area (TPSA) is 77.6 Å². The second kappa shape index (κ2) is 9.24. The number of nitrogens with one attached hydrogen (secondary N) is 2. The van der Waals surface area contributed by atoms with Crippen molar-refractivity contribution in [3.8, 4) is 0 Å². The van der Waals surface area contributed by atoms with Gasteiger partial charge in [0, 0.05) is 37.8 Å². The lowest BCUT2D eigenvalue weighted by Crippen LogP contribution is -2.49. The molecule has 3 aliphatic rings. The third-order valence-electron chi connectivity index (χ3n) is 7.56. The van der Waals surface area contributed by atoms with E-state index in [4.69, 9.17) is 4.98 Å². The summed E-state index contributed by atoms with van der Waals surface area (Å²) in [6.45, 7) is 3.69. The van der Waals surface area contributed by atoms with Crippen molar-refractivity contribution in [1.29, 1.82) is 0 Å². The molecule has 5 rings (SSSR count). The van der Waals surface area contributed by atoms with Crippen molar-refractivity contribution in [2.75, 3.05) is 40.6 Å². The average molecular weight is 466 g/mol. The van der Waals surface area contributed by atoms with E-state index in [-0.39, 0.29) is 29.6 Å². The van der Waals surface area contributed by atoms with Crippen molar-refractivity contribution in [3.05, 3.63) is 41.8 Å². The van der Waals surface area contributed by atoms with Crippen molar-refractivity contribution in [1.82, 2.24) is 4.98 Å². The molecule has 1 atom stereocenters. The zero-order valence-electron chi connectivity index (χ0n) is 19.8. The number of fused-ring (bicyclic) bond motifs is 3. The number of nitrogens with zero attached hydrogens (tertiary/aromatic N) is 3. The molecule has 1 saturated heterocycles. The molecule has 7 nitrogen and oxygen atoms in total. The second-order valence-corrected chi connectivity index (χ2v) is 9.80. The number of aryl methyl sites for hydroxylation is 1. The van der Waals surface area contributed by atoms with Crippen LogP contribution in [-0.4, -0.2) is 43.0 Å². The van der Waals surface area contributed by atoms with Gasteiger partial charge in [0.05, 0.1) is 17.1 Å². The van der Waals surface area contributed by atoms with Crippen LogP contribution in [0.25, 0.3) is 0 Å². The Labute approximate surface area is 199 Å². The van der Waals surface area contributed by atoms with Gasteiger partial charge in [0.15, 0.2) is 0 Å². The van der Waals surface area contributed by atoms with Gasteiger partial charge < -0.3 is 20.4 Å². The van der Waals surface area contributed by atoms with Crippen LogP contribution in [-0.2, 0) is 9.59 Å². The predicted octanol–water partition coefficient (Wildman–Crippen LogP) is 4.33. The number of amides is 2. The van der Waals surface area contributed by atoms with Crippen molar-refractivity contribution in [2.24, 2.45) is 11.8 Å². The predicted molar refractivity (Wildman–Crippen MR) is 132 cm³/mol. The van der Waals surface area contributed by atoms with Crippen molar-refractivity contribution in [3.63, 3.8) is 0 Å². The van der Waals surface area contributed by atoms with Crippen molar-refractivity contribution < 1.29 is 14.0 Å². The largest absolute Gasteiger partial charge is 0.370 e. The van der Waals surface area contributed by atoms with E-state index < -0.39 is 0 Å². The quantitative estimate of drug-likeness (QED) is 0.687. The second-order valence-electron chi connectivity index (χ2n) is 9.80. The van der Waals surface area contributed by atoms with Gasteiger partial charge in [-0.1, -0.05) is 0 Å². The maximum Gasteiger partial charge on any atom is 0.249 e. The van der Waals surface area contributed by atoms with Crippen LogP contribution in [0.15, 0.2) is 30.3 Å². The zero-order valence-corrected chi connectivity index (χ0v) is 19.8. The highest BCUT2D eigenvalue weighted by Crippen LogP contribution is 2.42. The highest BCUT2D eigenvalue weighted by Gasteiger charge is 2.40. The Kier molecular flexibility index (Phi) is 6.15. The lowest BCUT2D eigenvalue weighted by molar-refractivity contribution is -0.121. The normalized spacial score (nSPS) is 24.0. The monoisotopic (exact) mass is 465 g/mol. The number of hydrogen-bond acceptors (Lipinski definition) is 5. The number of carbonyl (C=O) groups is 2. The third-order valence-corrected chi connectivity index (χ3v) is 7.56. The highest BCUT2D eigenvalue weighted by atomic mass is 19.1. The molecule has 0 radical (unpaired) electrons. The Morgan fingerprint density at radius 3 is 2.62 bits per heavy atom. The number of pyridine rings is 1. The molecule has 2 aromatic rings. The number of aromatic nitrogens is 1. The summed E-state index contributed by atoms with van der Waals surface area (Å²) in [5, 5.41) is 6.43. The summed E-state index contributed by atoms with van der Waals surface area (Å²) < 4.78 is 13.1. The van der Waals surface area contributed by atoms with Crippen LogP contribution in [0.3, 0.4) is 0 Å². The van der Waals surface area contributed by atoms with Gasteiger partial charge in [-0.15, -0.1) is 0 Å². The van der Waals surface area contributed by atoms with E-state index >= 15 is 0 Å². The fraction of sp³-hybridized carbons (Fsp3) is 0.500. The zero-order chi connectivity index (χ0) is 23.8. The first kappa shape index (κ1) is 22.6. The maximum atomic E-state index is 13.1. The summed E-state index contributed by atoms with van der Waals surface area (Å²) in [7, 11) is 1.85. The molecule has 180 valence electrons. The lowest BCUT2D eigenvalue weighted by atomic mass is 9.81. The SMILES string of the molecule is Cc1nc(NCC2CCC(C(=O)Nc3ccc(F)cc3)CC2)cc2c1N(C)C(=O)[C@@H]1CCCN21. The minimum Gasteiger partial charge on any atom is -0.370 e. The molecule has 2 fully saturated rings. The molecule has 2 N–H and O–H groups in total. The Hall–Kier alpha value is -3.16. The molecule has 0 bridgehead atoms. The fourth-order valence-corrected chi connectivity index (χ4v) is 5.67. The Balaban J connectivity index is 1.17. The molecule has 1 aliphatic carbocycles. The lowest BCUT2D eigenvalue weighted by Gasteiger charge is -2.38. The van der Waals surface area contributed by atoms with E-state index in [9.17, 15) is 14.0 Å². The van der Waals surface area contributed by atoms with Crippen LogP contribution in [0.2, 0.25) is 0 Å². The van der Waals surface area contributed by atoms with Gasteiger partial charge in [0.25, 0.3) is 0 Å². The summed E-state index contributed by atoms with van der Waals surface area (Å²) in [5.74, 6) is 1.19. The van der Waals surface area contributed by atoms with E-state index in [2.05, 4.69) is 21.6 Å². The molecule has 34 heavy (non-hydrogen) atoms. The minimum atomic E-state index is -0.310. The Morgan fingerprint density at radius 2 is 1.88 bits per heavy atom. The molecule has 0 spiro atoms. The number of rotatable bonds is 5. The minimum absolute atomic E-state index is 0.00871. The van der Waals surface area contributed by atoms with Gasteiger partial charge in [-0.2, -0.15) is 0 Å². The molecule has 8 heteroatoms. The van der Waals surface area contributed by atoms with Crippen LogP contribution in [0.5, 0.6) is 0 Å². The molecule has 1 saturated carbocycles.